The molecule has 0 saturated heterocycles. The number of benzene rings is 1. The fourth-order valence-electron chi connectivity index (χ4n) is 2.82. The lowest BCUT2D eigenvalue weighted by Crippen LogP contribution is -2.31. The molecule has 2 rings (SSSR count). The largest absolute Gasteiger partial charge is 0.212 e. The molecule has 0 spiro atoms. The first-order chi connectivity index (χ1) is 9.67. The van der Waals surface area contributed by atoms with Crippen LogP contribution in [0.4, 0.5) is 0 Å². The minimum absolute atomic E-state index is 0.317. The second kappa shape index (κ2) is 5.63. The van der Waals surface area contributed by atoms with Gasteiger partial charge in [0.2, 0.25) is 5.69 Å². The highest BCUT2D eigenvalue weighted by Gasteiger charge is 2.17. The first kappa shape index (κ1) is 15.8. The summed E-state index contributed by atoms with van der Waals surface area (Å²) in [7, 11) is 2.14. The molecule has 1 aromatic heterocycles. The number of aromatic nitrogens is 1. The van der Waals surface area contributed by atoms with Crippen LogP contribution in [0.5, 0.6) is 0 Å². The van der Waals surface area contributed by atoms with Gasteiger partial charge in [-0.25, -0.2) is 4.57 Å². The smallest absolute Gasteiger partial charge is 0.201 e. The first-order valence-corrected chi connectivity index (χ1v) is 7.74. The number of hydrogen-bond acceptors (Lipinski definition) is 0. The molecule has 1 aromatic carbocycles. The van der Waals surface area contributed by atoms with Crippen LogP contribution in [0.25, 0.3) is 11.3 Å². The van der Waals surface area contributed by atoms with Crippen LogP contribution in [-0.4, -0.2) is 0 Å². The van der Waals surface area contributed by atoms with E-state index in [1.165, 1.54) is 33.5 Å². The predicted octanol–water partition coefficient (Wildman–Crippen LogP) is 4.69. The Morgan fingerprint density at radius 1 is 0.905 bits per heavy atom. The van der Waals surface area contributed by atoms with E-state index in [2.05, 4.69) is 83.6 Å². The highest BCUT2D eigenvalue weighted by atomic mass is 14.9. The molecular formula is C20H28N+. The Morgan fingerprint density at radius 2 is 1.57 bits per heavy atom. The number of aryl methyl sites for hydroxylation is 4. The van der Waals surface area contributed by atoms with Crippen molar-refractivity contribution in [3.8, 4) is 11.3 Å². The maximum absolute atomic E-state index is 2.37. The quantitative estimate of drug-likeness (QED) is 0.703. The Labute approximate surface area is 129 Å². The zero-order valence-corrected chi connectivity index (χ0v) is 14.5. The van der Waals surface area contributed by atoms with E-state index in [1.807, 2.05) is 0 Å². The minimum Gasteiger partial charge on any atom is -0.201 e. The van der Waals surface area contributed by atoms with E-state index in [1.54, 1.807) is 0 Å². The van der Waals surface area contributed by atoms with Crippen LogP contribution >= 0.6 is 0 Å². The molecule has 0 fully saturated rings. The van der Waals surface area contributed by atoms with Crippen molar-refractivity contribution >= 4 is 0 Å². The molecule has 0 unspecified atom stereocenters. The monoisotopic (exact) mass is 282 g/mol. The van der Waals surface area contributed by atoms with Crippen molar-refractivity contribution in [2.24, 2.45) is 12.5 Å². The number of rotatable bonds is 2. The van der Waals surface area contributed by atoms with Crippen molar-refractivity contribution in [1.29, 1.82) is 0 Å². The molecule has 1 heteroatoms. The van der Waals surface area contributed by atoms with Crippen LogP contribution in [0.1, 0.15) is 43.0 Å². The molecule has 1 nitrogen and oxygen atoms in total. The highest BCUT2D eigenvalue weighted by Crippen LogP contribution is 2.27. The van der Waals surface area contributed by atoms with Crippen molar-refractivity contribution in [2.75, 3.05) is 0 Å². The minimum atomic E-state index is 0.317. The van der Waals surface area contributed by atoms with Gasteiger partial charge in [0.25, 0.3) is 0 Å². The zero-order chi connectivity index (χ0) is 15.8. The SMILES string of the molecule is Cc1cc(-c2cc(CC(C)(C)C)ccc2C)[n+](C)cc1C. The molecule has 0 aliphatic carbocycles. The van der Waals surface area contributed by atoms with E-state index in [4.69, 9.17) is 0 Å². The molecule has 0 radical (unpaired) electrons. The summed E-state index contributed by atoms with van der Waals surface area (Å²) in [4.78, 5) is 0. The van der Waals surface area contributed by atoms with Crippen molar-refractivity contribution in [3.05, 3.63) is 52.7 Å². The molecule has 0 aliphatic heterocycles. The average molecular weight is 282 g/mol. The van der Waals surface area contributed by atoms with Crippen molar-refractivity contribution in [2.45, 2.75) is 48.0 Å². The fourth-order valence-corrected chi connectivity index (χ4v) is 2.82. The van der Waals surface area contributed by atoms with E-state index in [0.29, 0.717) is 5.41 Å². The van der Waals surface area contributed by atoms with Gasteiger partial charge in [0.15, 0.2) is 6.20 Å². The molecule has 2 aromatic rings. The van der Waals surface area contributed by atoms with Gasteiger partial charge in [-0.3, -0.25) is 0 Å². The molecular weight excluding hydrogens is 254 g/mol. The zero-order valence-electron chi connectivity index (χ0n) is 14.5. The van der Waals surface area contributed by atoms with Crippen molar-refractivity contribution in [1.82, 2.24) is 0 Å². The number of pyridine rings is 1. The third-order valence-corrected chi connectivity index (χ3v) is 4.05. The summed E-state index contributed by atoms with van der Waals surface area (Å²) in [6.45, 7) is 13.4. The summed E-state index contributed by atoms with van der Waals surface area (Å²) in [6.07, 6.45) is 3.33. The third kappa shape index (κ3) is 3.72. The Hall–Kier alpha value is -1.63. The van der Waals surface area contributed by atoms with Crippen molar-refractivity contribution < 1.29 is 4.57 Å². The molecule has 0 saturated carbocycles. The summed E-state index contributed by atoms with van der Waals surface area (Å²) < 4.78 is 2.24. The fraction of sp³-hybridized carbons (Fsp3) is 0.450. The van der Waals surface area contributed by atoms with Gasteiger partial charge in [-0.15, -0.1) is 0 Å². The van der Waals surface area contributed by atoms with Crippen LogP contribution in [0.15, 0.2) is 30.5 Å². The summed E-state index contributed by atoms with van der Waals surface area (Å²) >= 11 is 0. The van der Waals surface area contributed by atoms with E-state index < -0.39 is 0 Å². The summed E-state index contributed by atoms with van der Waals surface area (Å²) in [6, 6.07) is 9.19. The number of hydrogen-bond donors (Lipinski definition) is 0. The molecule has 21 heavy (non-hydrogen) atoms. The highest BCUT2D eigenvalue weighted by molar-refractivity contribution is 5.63. The van der Waals surface area contributed by atoms with Crippen molar-refractivity contribution in [3.63, 3.8) is 0 Å². The van der Waals surface area contributed by atoms with Crippen LogP contribution in [0.3, 0.4) is 0 Å². The van der Waals surface area contributed by atoms with Crippen LogP contribution in [-0.2, 0) is 13.5 Å². The van der Waals surface area contributed by atoms with E-state index >= 15 is 0 Å². The first-order valence-electron chi connectivity index (χ1n) is 7.74. The molecule has 0 N–H and O–H groups in total. The maximum atomic E-state index is 2.37. The Kier molecular flexibility index (Phi) is 4.22. The maximum Gasteiger partial charge on any atom is 0.212 e. The summed E-state index contributed by atoms with van der Waals surface area (Å²) in [5.74, 6) is 0. The second-order valence-electron chi connectivity index (χ2n) is 7.52. The van der Waals surface area contributed by atoms with Gasteiger partial charge in [-0.05, 0) is 55.4 Å². The van der Waals surface area contributed by atoms with E-state index in [-0.39, 0.29) is 0 Å². The lowest BCUT2D eigenvalue weighted by atomic mass is 9.86. The summed E-state index contributed by atoms with van der Waals surface area (Å²) in [5.41, 5.74) is 8.41. The molecule has 0 atom stereocenters. The van der Waals surface area contributed by atoms with Crippen LogP contribution in [0.2, 0.25) is 0 Å². The van der Waals surface area contributed by atoms with E-state index in [0.717, 1.165) is 6.42 Å². The number of nitrogens with zero attached hydrogens (tertiary/aromatic N) is 1. The van der Waals surface area contributed by atoms with Gasteiger partial charge in [0.1, 0.15) is 7.05 Å². The normalized spacial score (nSPS) is 11.8. The van der Waals surface area contributed by atoms with Gasteiger partial charge in [-0.2, -0.15) is 0 Å². The van der Waals surface area contributed by atoms with Gasteiger partial charge >= 0.3 is 0 Å². The second-order valence-corrected chi connectivity index (χ2v) is 7.52. The lowest BCUT2D eigenvalue weighted by Gasteiger charge is -2.19. The molecule has 0 amide bonds. The predicted molar refractivity (Wildman–Crippen MR) is 90.4 cm³/mol. The summed E-state index contributed by atoms with van der Waals surface area (Å²) in [5, 5.41) is 0. The van der Waals surface area contributed by atoms with Gasteiger partial charge in [0.05, 0.1) is 0 Å². The van der Waals surface area contributed by atoms with E-state index in [9.17, 15) is 0 Å². The molecule has 0 aliphatic rings. The molecule has 1 heterocycles. The molecule has 112 valence electrons. The Bertz CT molecular complexity index is 660. The van der Waals surface area contributed by atoms with Crippen LogP contribution in [0, 0.1) is 26.2 Å². The van der Waals surface area contributed by atoms with Gasteiger partial charge in [-0.1, -0.05) is 32.9 Å². The Balaban J connectivity index is 2.53. The Morgan fingerprint density at radius 3 is 2.19 bits per heavy atom. The lowest BCUT2D eigenvalue weighted by molar-refractivity contribution is -0.660. The van der Waals surface area contributed by atoms with Gasteiger partial charge in [0, 0.05) is 17.2 Å². The van der Waals surface area contributed by atoms with Crippen LogP contribution < -0.4 is 4.57 Å². The third-order valence-electron chi connectivity index (χ3n) is 4.05. The van der Waals surface area contributed by atoms with Gasteiger partial charge < -0.3 is 0 Å². The standard InChI is InChI=1S/C20H28N/c1-14-8-9-17(12-20(4,5)6)11-18(14)19-10-15(2)16(3)13-21(19)7/h8-11,13H,12H2,1-7H3/q+1. The average Bonchev–Trinajstić information content (AvgIpc) is 2.35. The topological polar surface area (TPSA) is 3.88 Å². The molecule has 0 bridgehead atoms.